The fourth-order valence-electron chi connectivity index (χ4n) is 2.55. The first-order valence-corrected chi connectivity index (χ1v) is 6.51. The van der Waals surface area contributed by atoms with Gasteiger partial charge in [-0.2, -0.15) is 0 Å². The minimum absolute atomic E-state index is 0.0536. The Bertz CT molecular complexity index is 422. The van der Waals surface area contributed by atoms with Crippen LogP contribution in [0.1, 0.15) is 31.7 Å². The number of benzene rings is 1. The van der Waals surface area contributed by atoms with Crippen molar-refractivity contribution in [3.8, 4) is 5.75 Å². The molecule has 1 aliphatic carbocycles. The lowest BCUT2D eigenvalue weighted by Crippen LogP contribution is -2.41. The maximum atomic E-state index is 12.1. The topological polar surface area (TPSA) is 35.5 Å². The van der Waals surface area contributed by atoms with E-state index in [2.05, 4.69) is 0 Å². The highest BCUT2D eigenvalue weighted by molar-refractivity contribution is 5.78. The Kier molecular flexibility index (Phi) is 3.90. The first kappa shape index (κ1) is 12.9. The fourth-order valence-corrected chi connectivity index (χ4v) is 2.55. The minimum atomic E-state index is -0.315. The third-order valence-corrected chi connectivity index (χ3v) is 3.74. The second-order valence-electron chi connectivity index (χ2n) is 4.84. The molecule has 0 atom stereocenters. The zero-order valence-corrected chi connectivity index (χ0v) is 11.1. The van der Waals surface area contributed by atoms with Crippen LogP contribution in [-0.2, 0) is 16.0 Å². The average molecular weight is 248 g/mol. The third kappa shape index (κ3) is 2.35. The summed E-state index contributed by atoms with van der Waals surface area (Å²) in [5, 5.41) is 0. The first-order chi connectivity index (χ1) is 8.72. The summed E-state index contributed by atoms with van der Waals surface area (Å²) >= 11 is 0. The molecule has 0 saturated heterocycles. The van der Waals surface area contributed by atoms with Gasteiger partial charge in [0, 0.05) is 0 Å². The predicted octanol–water partition coefficient (Wildman–Crippen LogP) is 2.97. The smallest absolute Gasteiger partial charge is 0.312 e. The van der Waals surface area contributed by atoms with Crippen LogP contribution in [0.5, 0.6) is 5.75 Å². The number of methoxy groups -OCH3 is 1. The Morgan fingerprint density at radius 1 is 1.33 bits per heavy atom. The van der Waals surface area contributed by atoms with Crippen LogP contribution in [-0.4, -0.2) is 19.7 Å². The van der Waals surface area contributed by atoms with Crippen LogP contribution in [0.15, 0.2) is 24.3 Å². The number of hydrogen-bond acceptors (Lipinski definition) is 3. The van der Waals surface area contributed by atoms with Crippen molar-refractivity contribution >= 4 is 5.97 Å². The molecule has 3 heteroatoms. The van der Waals surface area contributed by atoms with Crippen molar-refractivity contribution in [2.75, 3.05) is 13.7 Å². The van der Waals surface area contributed by atoms with Gasteiger partial charge in [0.15, 0.2) is 0 Å². The molecule has 1 saturated carbocycles. The van der Waals surface area contributed by atoms with Crippen molar-refractivity contribution in [2.24, 2.45) is 5.41 Å². The molecule has 1 aliphatic rings. The molecule has 18 heavy (non-hydrogen) atoms. The molecule has 0 aromatic heterocycles. The molecule has 0 spiro atoms. The van der Waals surface area contributed by atoms with E-state index in [0.717, 1.165) is 37.0 Å². The van der Waals surface area contributed by atoms with Crippen LogP contribution >= 0.6 is 0 Å². The summed E-state index contributed by atoms with van der Waals surface area (Å²) in [5.41, 5.74) is 0.776. The van der Waals surface area contributed by atoms with Gasteiger partial charge in [-0.3, -0.25) is 4.79 Å². The molecule has 0 unspecified atom stereocenters. The van der Waals surface area contributed by atoms with E-state index in [9.17, 15) is 4.79 Å². The molecule has 98 valence electrons. The van der Waals surface area contributed by atoms with Crippen LogP contribution in [0, 0.1) is 5.41 Å². The van der Waals surface area contributed by atoms with E-state index in [1.807, 2.05) is 31.2 Å². The Morgan fingerprint density at radius 3 is 2.61 bits per heavy atom. The first-order valence-electron chi connectivity index (χ1n) is 6.51. The molecule has 0 heterocycles. The molecule has 2 rings (SSSR count). The maximum Gasteiger partial charge on any atom is 0.312 e. The van der Waals surface area contributed by atoms with Crippen LogP contribution < -0.4 is 4.74 Å². The Labute approximate surface area is 108 Å². The van der Waals surface area contributed by atoms with Gasteiger partial charge in [-0.15, -0.1) is 0 Å². The summed E-state index contributed by atoms with van der Waals surface area (Å²) < 4.78 is 10.6. The molecule has 1 aromatic rings. The van der Waals surface area contributed by atoms with E-state index < -0.39 is 0 Å². The van der Waals surface area contributed by atoms with Crippen molar-refractivity contribution in [2.45, 2.75) is 32.6 Å². The normalized spacial score (nSPS) is 16.8. The number of hydrogen-bond donors (Lipinski definition) is 0. The molecule has 1 fully saturated rings. The highest BCUT2D eigenvalue weighted by atomic mass is 16.5. The van der Waals surface area contributed by atoms with E-state index >= 15 is 0 Å². The summed E-state index contributed by atoms with van der Waals surface area (Å²) in [5.74, 6) is 0.801. The van der Waals surface area contributed by atoms with E-state index in [1.54, 1.807) is 7.11 Å². The molecule has 0 bridgehead atoms. The van der Waals surface area contributed by atoms with Crippen molar-refractivity contribution in [1.82, 2.24) is 0 Å². The monoisotopic (exact) mass is 248 g/mol. The second-order valence-corrected chi connectivity index (χ2v) is 4.84. The van der Waals surface area contributed by atoms with Crippen LogP contribution in [0.3, 0.4) is 0 Å². The summed E-state index contributed by atoms with van der Waals surface area (Å²) in [6.07, 6.45) is 3.66. The van der Waals surface area contributed by atoms with Gasteiger partial charge in [0.25, 0.3) is 0 Å². The van der Waals surface area contributed by atoms with Crippen molar-refractivity contribution < 1.29 is 14.3 Å². The summed E-state index contributed by atoms with van der Waals surface area (Å²) in [6.45, 7) is 2.31. The van der Waals surface area contributed by atoms with Crippen molar-refractivity contribution in [3.05, 3.63) is 29.8 Å². The van der Waals surface area contributed by atoms with E-state index in [1.165, 1.54) is 0 Å². The summed E-state index contributed by atoms with van der Waals surface area (Å²) in [4.78, 5) is 12.1. The lowest BCUT2D eigenvalue weighted by Gasteiger charge is -2.39. The van der Waals surface area contributed by atoms with Crippen LogP contribution in [0.25, 0.3) is 0 Å². The van der Waals surface area contributed by atoms with Gasteiger partial charge in [0.1, 0.15) is 5.75 Å². The molecule has 3 nitrogen and oxygen atoms in total. The Balaban J connectivity index is 2.17. The quantitative estimate of drug-likeness (QED) is 0.751. The van der Waals surface area contributed by atoms with Gasteiger partial charge in [0.2, 0.25) is 0 Å². The Hall–Kier alpha value is -1.51. The number of rotatable bonds is 5. The number of para-hydroxylation sites is 1. The second kappa shape index (κ2) is 5.42. The molecule has 0 amide bonds. The predicted molar refractivity (Wildman–Crippen MR) is 69.6 cm³/mol. The van der Waals surface area contributed by atoms with Gasteiger partial charge < -0.3 is 9.47 Å². The lowest BCUT2D eigenvalue weighted by molar-refractivity contribution is -0.161. The van der Waals surface area contributed by atoms with Gasteiger partial charge in [0.05, 0.1) is 19.1 Å². The summed E-state index contributed by atoms with van der Waals surface area (Å²) in [6, 6.07) is 7.89. The van der Waals surface area contributed by atoms with E-state index in [0.29, 0.717) is 6.61 Å². The highest BCUT2D eigenvalue weighted by Crippen LogP contribution is 2.45. The zero-order valence-electron chi connectivity index (χ0n) is 11.1. The molecule has 0 N–H and O–H groups in total. The number of esters is 1. The van der Waals surface area contributed by atoms with Crippen molar-refractivity contribution in [1.29, 1.82) is 0 Å². The number of carbonyl (C=O) groups is 1. The van der Waals surface area contributed by atoms with Gasteiger partial charge in [-0.25, -0.2) is 0 Å². The number of ether oxygens (including phenoxy) is 2. The van der Waals surface area contributed by atoms with Gasteiger partial charge in [-0.1, -0.05) is 24.6 Å². The zero-order chi connectivity index (χ0) is 13.0. The third-order valence-electron chi connectivity index (χ3n) is 3.74. The standard InChI is InChI=1S/C15H20O3/c1-3-18-14(16)15(9-6-10-15)11-12-7-4-5-8-13(12)17-2/h4-5,7-8H,3,6,9-11H2,1-2H3. The van der Waals surface area contributed by atoms with Crippen LogP contribution in [0.2, 0.25) is 0 Å². The number of carbonyl (C=O) groups excluding carboxylic acids is 1. The van der Waals surface area contributed by atoms with Crippen LogP contribution in [0.4, 0.5) is 0 Å². The molecule has 0 radical (unpaired) electrons. The Morgan fingerprint density at radius 2 is 2.06 bits per heavy atom. The fraction of sp³-hybridized carbons (Fsp3) is 0.533. The van der Waals surface area contributed by atoms with E-state index in [4.69, 9.17) is 9.47 Å². The largest absolute Gasteiger partial charge is 0.496 e. The minimum Gasteiger partial charge on any atom is -0.496 e. The molecular weight excluding hydrogens is 228 g/mol. The SMILES string of the molecule is CCOC(=O)C1(Cc2ccccc2OC)CCC1. The highest BCUT2D eigenvalue weighted by Gasteiger charge is 2.45. The van der Waals surface area contributed by atoms with Gasteiger partial charge >= 0.3 is 5.97 Å². The molecule has 0 aliphatic heterocycles. The van der Waals surface area contributed by atoms with Crippen molar-refractivity contribution in [3.63, 3.8) is 0 Å². The molecule has 1 aromatic carbocycles. The van der Waals surface area contributed by atoms with E-state index in [-0.39, 0.29) is 11.4 Å². The molecular formula is C15H20O3. The average Bonchev–Trinajstić information content (AvgIpc) is 2.34. The van der Waals surface area contributed by atoms with Gasteiger partial charge in [-0.05, 0) is 37.8 Å². The maximum absolute atomic E-state index is 12.1. The lowest BCUT2D eigenvalue weighted by atomic mass is 9.65. The summed E-state index contributed by atoms with van der Waals surface area (Å²) in [7, 11) is 1.66.